The van der Waals surface area contributed by atoms with Crippen molar-refractivity contribution in [3.63, 3.8) is 0 Å². The fraction of sp³-hybridized carbons (Fsp3) is 0.429. The molecule has 110 valence electrons. The molecule has 0 aliphatic carbocycles. The first-order valence-electron chi connectivity index (χ1n) is 6.25. The minimum Gasteiger partial charge on any atom is -0.491 e. The van der Waals surface area contributed by atoms with Crippen LogP contribution in [0.3, 0.4) is 0 Å². The molecule has 0 saturated heterocycles. The van der Waals surface area contributed by atoms with Gasteiger partial charge < -0.3 is 19.9 Å². The van der Waals surface area contributed by atoms with Crippen LogP contribution in [0.1, 0.15) is 24.2 Å². The molecule has 0 aliphatic heterocycles. The van der Waals surface area contributed by atoms with Gasteiger partial charge in [-0.1, -0.05) is 0 Å². The molecule has 20 heavy (non-hydrogen) atoms. The average Bonchev–Trinajstić information content (AvgIpc) is 2.43. The van der Waals surface area contributed by atoms with Gasteiger partial charge in [-0.2, -0.15) is 0 Å². The number of nitrogens with one attached hydrogen (secondary N) is 1. The molecule has 0 radical (unpaired) electrons. The van der Waals surface area contributed by atoms with E-state index < -0.39 is 12.1 Å². The van der Waals surface area contributed by atoms with E-state index in [-0.39, 0.29) is 18.6 Å². The number of hydrogen-bond acceptors (Lipinski definition) is 5. The van der Waals surface area contributed by atoms with Crippen molar-refractivity contribution in [2.24, 2.45) is 0 Å². The summed E-state index contributed by atoms with van der Waals surface area (Å²) >= 11 is 0. The quantitative estimate of drug-likeness (QED) is 0.751. The van der Waals surface area contributed by atoms with Gasteiger partial charge in [0.05, 0.1) is 19.8 Å². The van der Waals surface area contributed by atoms with Crippen LogP contribution in [0, 0.1) is 0 Å². The Bertz CT molecular complexity index is 455. The normalized spacial score (nSPS) is 11.8. The van der Waals surface area contributed by atoms with Gasteiger partial charge >= 0.3 is 5.97 Å². The summed E-state index contributed by atoms with van der Waals surface area (Å²) in [5.74, 6) is -0.499. The molecule has 1 aromatic rings. The Kier molecular flexibility index (Phi) is 5.99. The summed E-state index contributed by atoms with van der Waals surface area (Å²) in [6.07, 6.45) is -1.31. The number of rotatable bonds is 6. The summed E-state index contributed by atoms with van der Waals surface area (Å²) < 4.78 is 9.81. The lowest BCUT2D eigenvalue weighted by atomic mass is 10.2. The third kappa shape index (κ3) is 4.89. The van der Waals surface area contributed by atoms with Gasteiger partial charge in [-0.25, -0.2) is 4.79 Å². The van der Waals surface area contributed by atoms with Crippen LogP contribution in [-0.2, 0) is 9.53 Å². The van der Waals surface area contributed by atoms with Crippen molar-refractivity contribution >= 4 is 11.9 Å². The molecular formula is C14H19NO5. The molecule has 0 spiro atoms. The van der Waals surface area contributed by atoms with Crippen molar-refractivity contribution in [2.45, 2.75) is 26.1 Å². The van der Waals surface area contributed by atoms with Gasteiger partial charge in [-0.3, -0.25) is 4.79 Å². The van der Waals surface area contributed by atoms with Gasteiger partial charge in [0, 0.05) is 5.56 Å². The van der Waals surface area contributed by atoms with E-state index in [1.54, 1.807) is 24.3 Å². The number of ether oxygens (including phenoxy) is 2. The largest absolute Gasteiger partial charge is 0.491 e. The summed E-state index contributed by atoms with van der Waals surface area (Å²) in [6, 6.07) is 6.59. The zero-order chi connectivity index (χ0) is 15.1. The number of hydrogen-bond donors (Lipinski definition) is 2. The predicted octanol–water partition coefficient (Wildman–Crippen LogP) is 0.737. The summed E-state index contributed by atoms with van der Waals surface area (Å²) in [4.78, 5) is 22.7. The van der Waals surface area contributed by atoms with E-state index in [0.29, 0.717) is 11.3 Å². The van der Waals surface area contributed by atoms with Crippen LogP contribution in [0.2, 0.25) is 0 Å². The molecule has 1 atom stereocenters. The molecule has 0 heterocycles. The van der Waals surface area contributed by atoms with Crippen molar-refractivity contribution in [1.82, 2.24) is 5.32 Å². The maximum atomic E-state index is 11.8. The topological polar surface area (TPSA) is 84.9 Å². The molecule has 0 aliphatic rings. The summed E-state index contributed by atoms with van der Waals surface area (Å²) in [5, 5.41) is 11.8. The summed E-state index contributed by atoms with van der Waals surface area (Å²) in [5.41, 5.74) is 0.415. The molecule has 0 bridgehead atoms. The minimum atomic E-state index is -1.37. The maximum absolute atomic E-state index is 11.8. The maximum Gasteiger partial charge on any atom is 0.336 e. The highest BCUT2D eigenvalue weighted by atomic mass is 16.5. The van der Waals surface area contributed by atoms with Gasteiger partial charge in [-0.15, -0.1) is 0 Å². The van der Waals surface area contributed by atoms with Crippen LogP contribution < -0.4 is 10.1 Å². The molecule has 1 amide bonds. The Hall–Kier alpha value is -2.08. The third-order valence-corrected chi connectivity index (χ3v) is 2.42. The fourth-order valence-electron chi connectivity index (χ4n) is 1.47. The fourth-order valence-corrected chi connectivity index (χ4v) is 1.47. The second-order valence-electron chi connectivity index (χ2n) is 4.44. The number of aliphatic hydroxyl groups excluding tert-OH is 1. The van der Waals surface area contributed by atoms with E-state index in [1.807, 2.05) is 13.8 Å². The van der Waals surface area contributed by atoms with Gasteiger partial charge in [-0.05, 0) is 38.1 Å². The Morgan fingerprint density at radius 3 is 2.35 bits per heavy atom. The van der Waals surface area contributed by atoms with E-state index in [4.69, 9.17) is 4.74 Å². The van der Waals surface area contributed by atoms with Crippen LogP contribution in [0.5, 0.6) is 5.75 Å². The molecule has 1 aromatic carbocycles. The SMILES string of the molecule is COC(=O)C(O)CNC(=O)c1ccc(OC(C)C)cc1. The van der Waals surface area contributed by atoms with Crippen LogP contribution in [0.25, 0.3) is 0 Å². The summed E-state index contributed by atoms with van der Waals surface area (Å²) in [6.45, 7) is 3.62. The first-order chi connectivity index (χ1) is 9.43. The molecular weight excluding hydrogens is 262 g/mol. The predicted molar refractivity (Wildman–Crippen MR) is 72.6 cm³/mol. The zero-order valence-electron chi connectivity index (χ0n) is 11.8. The third-order valence-electron chi connectivity index (χ3n) is 2.42. The first-order valence-corrected chi connectivity index (χ1v) is 6.25. The van der Waals surface area contributed by atoms with Crippen molar-refractivity contribution in [1.29, 1.82) is 0 Å². The monoisotopic (exact) mass is 281 g/mol. The molecule has 0 saturated carbocycles. The van der Waals surface area contributed by atoms with E-state index in [0.717, 1.165) is 0 Å². The lowest BCUT2D eigenvalue weighted by molar-refractivity contribution is -0.149. The number of aliphatic hydroxyl groups is 1. The molecule has 6 heteroatoms. The zero-order valence-corrected chi connectivity index (χ0v) is 11.8. The Morgan fingerprint density at radius 1 is 1.25 bits per heavy atom. The number of benzene rings is 1. The molecule has 0 fully saturated rings. The van der Waals surface area contributed by atoms with Crippen molar-refractivity contribution in [2.75, 3.05) is 13.7 Å². The van der Waals surface area contributed by atoms with Crippen LogP contribution in [0.4, 0.5) is 0 Å². The number of amides is 1. The number of esters is 1. The van der Waals surface area contributed by atoms with Crippen LogP contribution in [0.15, 0.2) is 24.3 Å². The summed E-state index contributed by atoms with van der Waals surface area (Å²) in [7, 11) is 1.17. The van der Waals surface area contributed by atoms with E-state index in [2.05, 4.69) is 10.1 Å². The van der Waals surface area contributed by atoms with Crippen molar-refractivity contribution < 1.29 is 24.2 Å². The smallest absolute Gasteiger partial charge is 0.336 e. The van der Waals surface area contributed by atoms with E-state index in [9.17, 15) is 14.7 Å². The highest BCUT2D eigenvalue weighted by Crippen LogP contribution is 2.13. The highest BCUT2D eigenvalue weighted by molar-refractivity contribution is 5.94. The van der Waals surface area contributed by atoms with Crippen molar-refractivity contribution in [3.05, 3.63) is 29.8 Å². The van der Waals surface area contributed by atoms with E-state index >= 15 is 0 Å². The van der Waals surface area contributed by atoms with Crippen LogP contribution >= 0.6 is 0 Å². The second-order valence-corrected chi connectivity index (χ2v) is 4.44. The molecule has 6 nitrogen and oxygen atoms in total. The lowest BCUT2D eigenvalue weighted by Gasteiger charge is -2.11. The van der Waals surface area contributed by atoms with Gasteiger partial charge in [0.2, 0.25) is 0 Å². The lowest BCUT2D eigenvalue weighted by Crippen LogP contribution is -2.37. The number of carbonyl (C=O) groups is 2. The van der Waals surface area contributed by atoms with Crippen molar-refractivity contribution in [3.8, 4) is 5.75 Å². The highest BCUT2D eigenvalue weighted by Gasteiger charge is 2.16. The second kappa shape index (κ2) is 7.49. The number of carbonyl (C=O) groups excluding carboxylic acids is 2. The first kappa shape index (κ1) is 16.0. The minimum absolute atomic E-state index is 0.0601. The molecule has 1 rings (SSSR count). The van der Waals surface area contributed by atoms with E-state index in [1.165, 1.54) is 7.11 Å². The standard InChI is InChI=1S/C14H19NO5/c1-9(2)20-11-6-4-10(5-7-11)13(17)15-8-12(16)14(18)19-3/h4-7,9,12,16H,8H2,1-3H3,(H,15,17). The average molecular weight is 281 g/mol. The van der Waals surface area contributed by atoms with Crippen LogP contribution in [-0.4, -0.2) is 42.8 Å². The molecule has 1 unspecified atom stereocenters. The molecule has 2 N–H and O–H groups in total. The van der Waals surface area contributed by atoms with Gasteiger partial charge in [0.1, 0.15) is 5.75 Å². The van der Waals surface area contributed by atoms with Gasteiger partial charge in [0.15, 0.2) is 6.10 Å². The Morgan fingerprint density at radius 2 is 1.85 bits per heavy atom. The number of methoxy groups -OCH3 is 1. The molecule has 0 aromatic heterocycles. The van der Waals surface area contributed by atoms with Gasteiger partial charge in [0.25, 0.3) is 5.91 Å². The Balaban J connectivity index is 2.53. The Labute approximate surface area is 117 Å².